The van der Waals surface area contributed by atoms with Crippen molar-refractivity contribution in [1.82, 2.24) is 9.55 Å². The molecule has 2 aromatic heterocycles. The molecule has 0 radical (unpaired) electrons. The number of methoxy groups -OCH3 is 1. The van der Waals surface area contributed by atoms with Crippen LogP contribution in [0.4, 0.5) is 11.4 Å². The lowest BCUT2D eigenvalue weighted by Crippen LogP contribution is -2.27. The molecule has 2 heterocycles. The summed E-state index contributed by atoms with van der Waals surface area (Å²) in [7, 11) is 1.56. The van der Waals surface area contributed by atoms with Crippen LogP contribution >= 0.6 is 23.2 Å². The number of carbonyl (C=O) groups excluding carboxylic acids is 2. The van der Waals surface area contributed by atoms with Gasteiger partial charge in [-0.3, -0.25) is 19.5 Å². The standard InChI is InChI=1S/C23H17Cl2N3O3/c1-31-18-8-9-20-19(11-18)22(28(21(30)14-29)17-3-2-10-26-12-17)23(25)27(20)13-15-4-6-16(24)7-5-15/h2-12,14H,13H2,1H3. The van der Waals surface area contributed by atoms with E-state index in [1.54, 1.807) is 43.6 Å². The van der Waals surface area contributed by atoms with E-state index >= 15 is 0 Å². The first-order valence-corrected chi connectivity index (χ1v) is 10.1. The maximum Gasteiger partial charge on any atom is 0.295 e. The highest BCUT2D eigenvalue weighted by Gasteiger charge is 2.27. The number of hydrogen-bond acceptors (Lipinski definition) is 4. The Morgan fingerprint density at radius 2 is 1.94 bits per heavy atom. The number of fused-ring (bicyclic) bond motifs is 1. The molecular weight excluding hydrogens is 437 g/mol. The molecule has 6 nitrogen and oxygen atoms in total. The zero-order valence-electron chi connectivity index (χ0n) is 16.5. The molecule has 0 atom stereocenters. The van der Waals surface area contributed by atoms with Gasteiger partial charge in [0.15, 0.2) is 0 Å². The molecule has 156 valence electrons. The summed E-state index contributed by atoms with van der Waals surface area (Å²) in [6.45, 7) is 0.439. The lowest BCUT2D eigenvalue weighted by atomic mass is 10.2. The number of carbonyl (C=O) groups is 2. The number of aromatic nitrogens is 2. The third kappa shape index (κ3) is 4.00. The van der Waals surface area contributed by atoms with Crippen LogP contribution in [0.5, 0.6) is 5.75 Å². The minimum atomic E-state index is -0.761. The average molecular weight is 454 g/mol. The number of rotatable bonds is 6. The average Bonchev–Trinajstić information content (AvgIpc) is 3.06. The summed E-state index contributed by atoms with van der Waals surface area (Å²) in [6, 6.07) is 16.3. The number of benzene rings is 2. The third-order valence-electron chi connectivity index (χ3n) is 4.88. The Bertz CT molecular complexity index is 1250. The highest BCUT2D eigenvalue weighted by molar-refractivity contribution is 6.40. The minimum Gasteiger partial charge on any atom is -0.497 e. The number of halogens is 2. The zero-order valence-corrected chi connectivity index (χ0v) is 18.0. The first kappa shape index (κ1) is 20.9. The number of anilines is 2. The van der Waals surface area contributed by atoms with E-state index in [4.69, 9.17) is 27.9 Å². The smallest absolute Gasteiger partial charge is 0.295 e. The summed E-state index contributed by atoms with van der Waals surface area (Å²) >= 11 is 12.8. The number of amides is 1. The van der Waals surface area contributed by atoms with Crippen molar-refractivity contribution in [2.24, 2.45) is 0 Å². The molecule has 0 aliphatic rings. The summed E-state index contributed by atoms with van der Waals surface area (Å²) in [6.07, 6.45) is 3.34. The Hall–Kier alpha value is -3.35. The Kier molecular flexibility index (Phi) is 5.93. The van der Waals surface area contributed by atoms with E-state index in [1.807, 2.05) is 28.8 Å². The maximum atomic E-state index is 12.7. The second-order valence-corrected chi connectivity index (χ2v) is 7.53. The third-order valence-corrected chi connectivity index (χ3v) is 5.52. The minimum absolute atomic E-state index is 0.256. The molecule has 0 fully saturated rings. The van der Waals surface area contributed by atoms with Crippen LogP contribution < -0.4 is 9.64 Å². The van der Waals surface area contributed by atoms with Gasteiger partial charge in [0, 0.05) is 23.2 Å². The maximum absolute atomic E-state index is 12.7. The van der Waals surface area contributed by atoms with Gasteiger partial charge >= 0.3 is 0 Å². The van der Waals surface area contributed by atoms with Crippen LogP contribution in [0, 0.1) is 0 Å². The van der Waals surface area contributed by atoms with Gasteiger partial charge in [0.25, 0.3) is 5.91 Å². The van der Waals surface area contributed by atoms with Gasteiger partial charge in [-0.2, -0.15) is 0 Å². The molecule has 0 N–H and O–H groups in total. The molecule has 0 unspecified atom stereocenters. The largest absolute Gasteiger partial charge is 0.497 e. The molecule has 2 aromatic carbocycles. The van der Waals surface area contributed by atoms with E-state index in [9.17, 15) is 9.59 Å². The number of ether oxygens (including phenoxy) is 1. The van der Waals surface area contributed by atoms with Crippen molar-refractivity contribution in [2.45, 2.75) is 6.54 Å². The van der Waals surface area contributed by atoms with Gasteiger partial charge in [-0.05, 0) is 48.0 Å². The Labute approximate surface area is 188 Å². The molecule has 31 heavy (non-hydrogen) atoms. The molecule has 1 amide bonds. The quantitative estimate of drug-likeness (QED) is 0.294. The SMILES string of the molecule is COc1ccc2c(c1)c(N(C(=O)C=O)c1cccnc1)c(Cl)n2Cc1ccc(Cl)cc1. The number of pyridine rings is 1. The fourth-order valence-corrected chi connectivity index (χ4v) is 3.92. The summed E-state index contributed by atoms with van der Waals surface area (Å²) in [5.41, 5.74) is 2.56. The van der Waals surface area contributed by atoms with Gasteiger partial charge in [-0.15, -0.1) is 0 Å². The zero-order chi connectivity index (χ0) is 22.0. The van der Waals surface area contributed by atoms with Crippen LogP contribution in [0.25, 0.3) is 10.9 Å². The topological polar surface area (TPSA) is 64.4 Å². The van der Waals surface area contributed by atoms with E-state index in [-0.39, 0.29) is 6.29 Å². The first-order valence-electron chi connectivity index (χ1n) is 9.33. The highest BCUT2D eigenvalue weighted by Crippen LogP contribution is 2.42. The van der Waals surface area contributed by atoms with Crippen LogP contribution in [0.2, 0.25) is 10.2 Å². The van der Waals surface area contributed by atoms with Gasteiger partial charge in [0.05, 0.1) is 30.2 Å². The van der Waals surface area contributed by atoms with E-state index in [2.05, 4.69) is 4.98 Å². The Morgan fingerprint density at radius 3 is 2.58 bits per heavy atom. The molecule has 0 spiro atoms. The van der Waals surface area contributed by atoms with Crippen molar-refractivity contribution in [3.8, 4) is 5.75 Å². The van der Waals surface area contributed by atoms with Crippen molar-refractivity contribution in [3.05, 3.63) is 82.7 Å². The van der Waals surface area contributed by atoms with Crippen LogP contribution in [0.15, 0.2) is 67.0 Å². The molecule has 0 aliphatic carbocycles. The number of nitrogens with zero attached hydrogens (tertiary/aromatic N) is 3. The van der Waals surface area contributed by atoms with E-state index < -0.39 is 5.91 Å². The highest BCUT2D eigenvalue weighted by atomic mass is 35.5. The van der Waals surface area contributed by atoms with Gasteiger partial charge in [0.2, 0.25) is 6.29 Å². The second kappa shape index (κ2) is 8.79. The predicted molar refractivity (Wildman–Crippen MR) is 122 cm³/mol. The molecule has 0 saturated carbocycles. The molecule has 4 rings (SSSR count). The number of aldehydes is 1. The predicted octanol–water partition coefficient (Wildman–Crippen LogP) is 5.26. The van der Waals surface area contributed by atoms with Crippen LogP contribution in [-0.4, -0.2) is 28.9 Å². The molecule has 4 aromatic rings. The van der Waals surface area contributed by atoms with E-state index in [0.29, 0.717) is 39.2 Å². The molecule has 0 aliphatic heterocycles. The first-order chi connectivity index (χ1) is 15.0. The summed E-state index contributed by atoms with van der Waals surface area (Å²) in [5.74, 6) is -0.165. The Balaban J connectivity index is 1.97. The van der Waals surface area contributed by atoms with Crippen molar-refractivity contribution in [2.75, 3.05) is 12.0 Å². The van der Waals surface area contributed by atoms with Crippen molar-refractivity contribution in [1.29, 1.82) is 0 Å². The molecule has 0 saturated heterocycles. The van der Waals surface area contributed by atoms with E-state index in [1.165, 1.54) is 11.1 Å². The fraction of sp³-hybridized carbons (Fsp3) is 0.0870. The van der Waals surface area contributed by atoms with Crippen LogP contribution in [0.3, 0.4) is 0 Å². The van der Waals surface area contributed by atoms with Gasteiger partial charge in [-0.25, -0.2) is 0 Å². The van der Waals surface area contributed by atoms with E-state index in [0.717, 1.165) is 11.1 Å². The molecule has 0 bridgehead atoms. The van der Waals surface area contributed by atoms with Crippen molar-refractivity contribution in [3.63, 3.8) is 0 Å². The van der Waals surface area contributed by atoms with Gasteiger partial charge in [0.1, 0.15) is 10.9 Å². The summed E-state index contributed by atoms with van der Waals surface area (Å²) in [5, 5.41) is 1.60. The molecular formula is C23H17Cl2N3O3. The normalized spacial score (nSPS) is 10.8. The lowest BCUT2D eigenvalue weighted by Gasteiger charge is -2.20. The van der Waals surface area contributed by atoms with Crippen LogP contribution in [0.1, 0.15) is 5.56 Å². The number of hydrogen-bond donors (Lipinski definition) is 0. The van der Waals surface area contributed by atoms with Crippen LogP contribution in [-0.2, 0) is 16.1 Å². The second-order valence-electron chi connectivity index (χ2n) is 6.74. The lowest BCUT2D eigenvalue weighted by molar-refractivity contribution is -0.129. The van der Waals surface area contributed by atoms with Gasteiger partial charge in [-0.1, -0.05) is 35.3 Å². The monoisotopic (exact) mass is 453 g/mol. The van der Waals surface area contributed by atoms with Crippen molar-refractivity contribution >= 4 is 57.7 Å². The van der Waals surface area contributed by atoms with Gasteiger partial charge < -0.3 is 9.30 Å². The van der Waals surface area contributed by atoms with Crippen molar-refractivity contribution < 1.29 is 14.3 Å². The molecule has 8 heteroatoms. The Morgan fingerprint density at radius 1 is 1.16 bits per heavy atom. The fourth-order valence-electron chi connectivity index (χ4n) is 3.46. The summed E-state index contributed by atoms with van der Waals surface area (Å²) < 4.78 is 7.25. The summed E-state index contributed by atoms with van der Waals surface area (Å²) in [4.78, 5) is 29.5.